The largest absolute Gasteiger partial charge is 0.337 e. The molecule has 0 bridgehead atoms. The lowest BCUT2D eigenvalue weighted by atomic mass is 10.2. The second-order valence-corrected chi connectivity index (χ2v) is 5.99. The number of halogens is 2. The standard InChI is InChI=1S/C16H10Cl2N6O/c17-9-5-8(7-19-14(9)18)16(25)22-13-6-12(23-24-13)15-20-10-3-1-2-4-11(10)21-15/h1-7H,(H,20,21)(H2,22,23,24,25). The maximum Gasteiger partial charge on any atom is 0.258 e. The summed E-state index contributed by atoms with van der Waals surface area (Å²) in [6.45, 7) is 0. The predicted octanol–water partition coefficient (Wildman–Crippen LogP) is 3.91. The third-order valence-electron chi connectivity index (χ3n) is 3.52. The van der Waals surface area contributed by atoms with Crippen molar-refractivity contribution < 1.29 is 4.79 Å². The van der Waals surface area contributed by atoms with Gasteiger partial charge in [-0.1, -0.05) is 35.3 Å². The molecule has 9 heteroatoms. The first kappa shape index (κ1) is 15.6. The molecule has 0 aliphatic rings. The van der Waals surface area contributed by atoms with Crippen LogP contribution >= 0.6 is 23.2 Å². The number of hydrogen-bond donors (Lipinski definition) is 3. The number of anilines is 1. The predicted molar refractivity (Wildman–Crippen MR) is 95.9 cm³/mol. The molecule has 0 saturated carbocycles. The van der Waals surface area contributed by atoms with Gasteiger partial charge in [-0.25, -0.2) is 9.97 Å². The highest BCUT2D eigenvalue weighted by Gasteiger charge is 2.13. The van der Waals surface area contributed by atoms with Crippen LogP contribution in [-0.2, 0) is 0 Å². The number of aromatic amines is 2. The first-order valence-electron chi connectivity index (χ1n) is 7.23. The maximum atomic E-state index is 12.2. The number of carbonyl (C=O) groups is 1. The molecule has 1 aromatic carbocycles. The molecule has 0 aliphatic heterocycles. The molecular formula is C16H10Cl2N6O. The summed E-state index contributed by atoms with van der Waals surface area (Å²) in [5.74, 6) is 0.589. The zero-order valence-corrected chi connectivity index (χ0v) is 14.1. The van der Waals surface area contributed by atoms with Gasteiger partial charge in [-0.05, 0) is 18.2 Å². The smallest absolute Gasteiger partial charge is 0.258 e. The molecule has 7 nitrogen and oxygen atoms in total. The minimum absolute atomic E-state index is 0.144. The second-order valence-electron chi connectivity index (χ2n) is 5.22. The fraction of sp³-hybridized carbons (Fsp3) is 0. The SMILES string of the molecule is O=C(Nc1cc(-c2nc3ccccc3[nH]2)[nH]n1)c1cnc(Cl)c(Cl)c1. The van der Waals surface area contributed by atoms with Crippen molar-refractivity contribution in [2.75, 3.05) is 5.32 Å². The monoisotopic (exact) mass is 372 g/mol. The van der Waals surface area contributed by atoms with Crippen molar-refractivity contribution in [1.29, 1.82) is 0 Å². The molecule has 0 radical (unpaired) electrons. The average Bonchev–Trinajstić information content (AvgIpc) is 3.23. The van der Waals surface area contributed by atoms with Crippen LogP contribution in [0.3, 0.4) is 0 Å². The highest BCUT2D eigenvalue weighted by molar-refractivity contribution is 6.41. The number of carbonyl (C=O) groups excluding carboxylic acids is 1. The Kier molecular flexibility index (Phi) is 3.87. The minimum atomic E-state index is -0.395. The van der Waals surface area contributed by atoms with Crippen LogP contribution in [-0.4, -0.2) is 31.1 Å². The molecule has 1 amide bonds. The molecule has 0 spiro atoms. The molecular weight excluding hydrogens is 363 g/mol. The molecule has 0 atom stereocenters. The van der Waals surface area contributed by atoms with Crippen LogP contribution in [0, 0.1) is 0 Å². The van der Waals surface area contributed by atoms with Crippen molar-refractivity contribution in [2.45, 2.75) is 0 Å². The first-order valence-corrected chi connectivity index (χ1v) is 7.98. The average molecular weight is 373 g/mol. The summed E-state index contributed by atoms with van der Waals surface area (Å²) in [4.78, 5) is 23.7. The van der Waals surface area contributed by atoms with Crippen LogP contribution in [0.15, 0.2) is 42.6 Å². The normalized spacial score (nSPS) is 11.0. The molecule has 3 N–H and O–H groups in total. The Balaban J connectivity index is 1.56. The number of hydrogen-bond acceptors (Lipinski definition) is 4. The summed E-state index contributed by atoms with van der Waals surface area (Å²) in [5, 5.41) is 9.93. The zero-order valence-electron chi connectivity index (χ0n) is 12.5. The van der Waals surface area contributed by atoms with Crippen LogP contribution in [0.2, 0.25) is 10.2 Å². The van der Waals surface area contributed by atoms with Crippen LogP contribution < -0.4 is 5.32 Å². The Hall–Kier alpha value is -2.90. The van der Waals surface area contributed by atoms with Crippen molar-refractivity contribution in [2.24, 2.45) is 0 Å². The van der Waals surface area contributed by atoms with E-state index in [4.69, 9.17) is 23.2 Å². The van der Waals surface area contributed by atoms with Gasteiger partial charge in [-0.3, -0.25) is 9.89 Å². The third kappa shape index (κ3) is 3.07. The quantitative estimate of drug-likeness (QED) is 0.474. The van der Waals surface area contributed by atoms with Crippen molar-refractivity contribution in [3.05, 3.63) is 58.3 Å². The Morgan fingerprint density at radius 2 is 2.00 bits per heavy atom. The van der Waals surface area contributed by atoms with Gasteiger partial charge in [0.1, 0.15) is 10.8 Å². The van der Waals surface area contributed by atoms with Crippen molar-refractivity contribution >= 4 is 46.0 Å². The molecule has 0 unspecified atom stereocenters. The summed E-state index contributed by atoms with van der Waals surface area (Å²) in [5.41, 5.74) is 2.69. The summed E-state index contributed by atoms with van der Waals surface area (Å²) in [6, 6.07) is 10.8. The van der Waals surface area contributed by atoms with E-state index in [0.29, 0.717) is 17.3 Å². The van der Waals surface area contributed by atoms with Crippen LogP contribution in [0.25, 0.3) is 22.6 Å². The molecule has 3 aromatic heterocycles. The molecule has 4 rings (SSSR count). The Morgan fingerprint density at radius 1 is 1.16 bits per heavy atom. The van der Waals surface area contributed by atoms with Gasteiger partial charge in [0.2, 0.25) is 0 Å². The number of H-pyrrole nitrogens is 2. The van der Waals surface area contributed by atoms with Gasteiger partial charge in [0.25, 0.3) is 5.91 Å². The Bertz CT molecular complexity index is 1050. The van der Waals surface area contributed by atoms with E-state index < -0.39 is 5.91 Å². The highest BCUT2D eigenvalue weighted by atomic mass is 35.5. The Morgan fingerprint density at radius 3 is 2.80 bits per heavy atom. The second kappa shape index (κ2) is 6.19. The fourth-order valence-corrected chi connectivity index (χ4v) is 2.59. The molecule has 25 heavy (non-hydrogen) atoms. The van der Waals surface area contributed by atoms with Gasteiger partial charge in [0.05, 0.1) is 21.6 Å². The number of aromatic nitrogens is 5. The van der Waals surface area contributed by atoms with Crippen molar-refractivity contribution in [3.8, 4) is 11.5 Å². The van der Waals surface area contributed by atoms with E-state index in [1.807, 2.05) is 24.3 Å². The molecule has 0 aliphatic carbocycles. The van der Waals surface area contributed by atoms with E-state index >= 15 is 0 Å². The van der Waals surface area contributed by atoms with Crippen molar-refractivity contribution in [3.63, 3.8) is 0 Å². The van der Waals surface area contributed by atoms with E-state index in [1.54, 1.807) is 6.07 Å². The zero-order chi connectivity index (χ0) is 17.4. The molecule has 0 saturated heterocycles. The van der Waals surface area contributed by atoms with Crippen LogP contribution in [0.1, 0.15) is 10.4 Å². The number of pyridine rings is 1. The fourth-order valence-electron chi connectivity index (χ4n) is 2.32. The lowest BCUT2D eigenvalue weighted by Crippen LogP contribution is -2.12. The number of amides is 1. The lowest BCUT2D eigenvalue weighted by Gasteiger charge is -2.02. The maximum absolute atomic E-state index is 12.2. The van der Waals surface area contributed by atoms with Crippen molar-refractivity contribution in [1.82, 2.24) is 25.1 Å². The molecule has 124 valence electrons. The summed E-state index contributed by atoms with van der Waals surface area (Å²) < 4.78 is 0. The van der Waals surface area contributed by atoms with E-state index in [0.717, 1.165) is 11.0 Å². The van der Waals surface area contributed by atoms with Gasteiger partial charge in [0, 0.05) is 12.3 Å². The third-order valence-corrected chi connectivity index (χ3v) is 4.21. The summed E-state index contributed by atoms with van der Waals surface area (Å²) >= 11 is 11.6. The lowest BCUT2D eigenvalue weighted by molar-refractivity contribution is 0.102. The van der Waals surface area contributed by atoms with E-state index in [-0.39, 0.29) is 15.7 Å². The molecule has 3 heterocycles. The molecule has 0 fully saturated rings. The molecule has 4 aromatic rings. The van der Waals surface area contributed by atoms with Crippen LogP contribution in [0.5, 0.6) is 0 Å². The van der Waals surface area contributed by atoms with Gasteiger partial charge >= 0.3 is 0 Å². The van der Waals surface area contributed by atoms with Gasteiger partial charge in [-0.2, -0.15) is 5.10 Å². The van der Waals surface area contributed by atoms with Gasteiger partial charge in [-0.15, -0.1) is 0 Å². The summed E-state index contributed by atoms with van der Waals surface area (Å²) in [6.07, 6.45) is 1.34. The Labute approximate surface area is 151 Å². The number of nitrogens with one attached hydrogen (secondary N) is 3. The number of benzene rings is 1. The number of para-hydroxylation sites is 2. The number of fused-ring (bicyclic) bond motifs is 1. The minimum Gasteiger partial charge on any atom is -0.337 e. The number of nitrogens with zero attached hydrogens (tertiary/aromatic N) is 3. The van der Waals surface area contributed by atoms with E-state index in [9.17, 15) is 4.79 Å². The van der Waals surface area contributed by atoms with Gasteiger partial charge in [0.15, 0.2) is 11.6 Å². The van der Waals surface area contributed by atoms with E-state index in [1.165, 1.54) is 12.3 Å². The highest BCUT2D eigenvalue weighted by Crippen LogP contribution is 2.22. The topological polar surface area (TPSA) is 99.3 Å². The van der Waals surface area contributed by atoms with E-state index in [2.05, 4.69) is 30.5 Å². The summed E-state index contributed by atoms with van der Waals surface area (Å²) in [7, 11) is 0. The van der Waals surface area contributed by atoms with Crippen LogP contribution in [0.4, 0.5) is 5.82 Å². The first-order chi connectivity index (χ1) is 12.1. The van der Waals surface area contributed by atoms with Gasteiger partial charge < -0.3 is 10.3 Å². The number of imidazole rings is 1. The number of rotatable bonds is 3.